The SMILES string of the molecule is CCC(CC)NC(=O)C1(OC)CCNCC1. The van der Waals surface area contributed by atoms with Crippen molar-refractivity contribution in [3.63, 3.8) is 0 Å². The fourth-order valence-corrected chi connectivity index (χ4v) is 2.16. The molecule has 16 heavy (non-hydrogen) atoms. The number of carbonyl (C=O) groups is 1. The van der Waals surface area contributed by atoms with Gasteiger partial charge in [0, 0.05) is 13.2 Å². The van der Waals surface area contributed by atoms with E-state index in [2.05, 4.69) is 24.5 Å². The van der Waals surface area contributed by atoms with Gasteiger partial charge in [-0.05, 0) is 38.8 Å². The van der Waals surface area contributed by atoms with Gasteiger partial charge in [0.25, 0.3) is 5.91 Å². The van der Waals surface area contributed by atoms with Crippen molar-refractivity contribution >= 4 is 5.91 Å². The summed E-state index contributed by atoms with van der Waals surface area (Å²) in [5.74, 6) is 0.0604. The Morgan fingerprint density at radius 3 is 2.38 bits per heavy atom. The Kier molecular flexibility index (Phi) is 5.22. The van der Waals surface area contributed by atoms with Gasteiger partial charge in [-0.15, -0.1) is 0 Å². The number of amides is 1. The predicted octanol–water partition coefficient (Wildman–Crippen LogP) is 1.06. The lowest BCUT2D eigenvalue weighted by Gasteiger charge is -2.35. The maximum Gasteiger partial charge on any atom is 0.252 e. The molecule has 1 fully saturated rings. The van der Waals surface area contributed by atoms with Crippen molar-refractivity contribution in [2.45, 2.75) is 51.2 Å². The van der Waals surface area contributed by atoms with Crippen LogP contribution in [0.4, 0.5) is 0 Å². The molecule has 0 saturated carbocycles. The third-order valence-electron chi connectivity index (χ3n) is 3.54. The zero-order valence-corrected chi connectivity index (χ0v) is 10.6. The molecule has 1 rings (SSSR count). The summed E-state index contributed by atoms with van der Waals surface area (Å²) in [6.45, 7) is 5.89. The molecule has 2 N–H and O–H groups in total. The van der Waals surface area contributed by atoms with Gasteiger partial charge in [0.15, 0.2) is 0 Å². The van der Waals surface area contributed by atoms with Crippen molar-refractivity contribution < 1.29 is 9.53 Å². The van der Waals surface area contributed by atoms with Crippen molar-refractivity contribution in [3.05, 3.63) is 0 Å². The van der Waals surface area contributed by atoms with Gasteiger partial charge in [0.2, 0.25) is 0 Å². The first kappa shape index (κ1) is 13.5. The monoisotopic (exact) mass is 228 g/mol. The Hall–Kier alpha value is -0.610. The summed E-state index contributed by atoms with van der Waals surface area (Å²) >= 11 is 0. The minimum atomic E-state index is -0.603. The highest BCUT2D eigenvalue weighted by Gasteiger charge is 2.40. The van der Waals surface area contributed by atoms with E-state index in [1.165, 1.54) is 0 Å². The normalized spacial score (nSPS) is 19.8. The lowest BCUT2D eigenvalue weighted by Crippen LogP contribution is -2.55. The molecule has 0 radical (unpaired) electrons. The van der Waals surface area contributed by atoms with Crippen LogP contribution in [0.25, 0.3) is 0 Å². The van der Waals surface area contributed by atoms with Gasteiger partial charge in [-0.1, -0.05) is 13.8 Å². The van der Waals surface area contributed by atoms with Crippen LogP contribution in [0.1, 0.15) is 39.5 Å². The summed E-state index contributed by atoms with van der Waals surface area (Å²) in [4.78, 5) is 12.2. The van der Waals surface area contributed by atoms with Crippen LogP contribution in [0.5, 0.6) is 0 Å². The quantitative estimate of drug-likeness (QED) is 0.740. The third-order valence-corrected chi connectivity index (χ3v) is 3.54. The Labute approximate surface area is 98.1 Å². The number of rotatable bonds is 5. The van der Waals surface area contributed by atoms with Crippen molar-refractivity contribution in [2.75, 3.05) is 20.2 Å². The first-order valence-corrected chi connectivity index (χ1v) is 6.25. The average Bonchev–Trinajstić information content (AvgIpc) is 2.36. The van der Waals surface area contributed by atoms with Gasteiger partial charge < -0.3 is 15.4 Å². The zero-order chi connectivity index (χ0) is 12.0. The molecular weight excluding hydrogens is 204 g/mol. The van der Waals surface area contributed by atoms with E-state index in [4.69, 9.17) is 4.74 Å². The molecule has 0 atom stereocenters. The lowest BCUT2D eigenvalue weighted by molar-refractivity contribution is -0.147. The number of ether oxygens (including phenoxy) is 1. The van der Waals surface area contributed by atoms with Crippen LogP contribution in [0.3, 0.4) is 0 Å². The van der Waals surface area contributed by atoms with Crippen molar-refractivity contribution in [3.8, 4) is 0 Å². The molecule has 0 aromatic heterocycles. The van der Waals surface area contributed by atoms with Crippen molar-refractivity contribution in [1.82, 2.24) is 10.6 Å². The van der Waals surface area contributed by atoms with Gasteiger partial charge >= 0.3 is 0 Å². The Balaban J connectivity index is 2.61. The highest BCUT2D eigenvalue weighted by atomic mass is 16.5. The average molecular weight is 228 g/mol. The molecule has 4 nitrogen and oxygen atoms in total. The van der Waals surface area contributed by atoms with Gasteiger partial charge in [-0.2, -0.15) is 0 Å². The molecule has 1 heterocycles. The molecule has 1 amide bonds. The van der Waals surface area contributed by atoms with Gasteiger partial charge in [0.05, 0.1) is 0 Å². The van der Waals surface area contributed by atoms with E-state index in [-0.39, 0.29) is 11.9 Å². The second kappa shape index (κ2) is 6.21. The molecular formula is C12H24N2O2. The summed E-state index contributed by atoms with van der Waals surface area (Å²) < 4.78 is 5.48. The van der Waals surface area contributed by atoms with Gasteiger partial charge in [-0.25, -0.2) is 0 Å². The molecule has 4 heteroatoms. The van der Waals surface area contributed by atoms with Crippen molar-refractivity contribution in [1.29, 1.82) is 0 Å². The highest BCUT2D eigenvalue weighted by molar-refractivity contribution is 5.85. The highest BCUT2D eigenvalue weighted by Crippen LogP contribution is 2.23. The fourth-order valence-electron chi connectivity index (χ4n) is 2.16. The number of hydrogen-bond donors (Lipinski definition) is 2. The first-order chi connectivity index (χ1) is 7.68. The second-order valence-electron chi connectivity index (χ2n) is 4.44. The van der Waals surface area contributed by atoms with Crippen LogP contribution in [-0.2, 0) is 9.53 Å². The van der Waals surface area contributed by atoms with Crippen LogP contribution in [0.15, 0.2) is 0 Å². The zero-order valence-electron chi connectivity index (χ0n) is 10.6. The standard InChI is InChI=1S/C12H24N2O2/c1-4-10(5-2)14-11(15)12(16-3)6-8-13-9-7-12/h10,13H,4-9H2,1-3H3,(H,14,15). The molecule has 0 spiro atoms. The van der Waals surface area contributed by atoms with Crippen LogP contribution in [0.2, 0.25) is 0 Å². The summed E-state index contributed by atoms with van der Waals surface area (Å²) in [7, 11) is 1.64. The van der Waals surface area contributed by atoms with E-state index in [1.54, 1.807) is 7.11 Å². The Bertz CT molecular complexity index is 221. The summed E-state index contributed by atoms with van der Waals surface area (Å²) in [6.07, 6.45) is 3.46. The molecule has 1 aliphatic rings. The minimum absolute atomic E-state index is 0.0604. The molecule has 0 aliphatic carbocycles. The van der Waals surface area contributed by atoms with Gasteiger partial charge in [-0.3, -0.25) is 4.79 Å². The maximum absolute atomic E-state index is 12.2. The molecule has 0 aromatic carbocycles. The molecule has 1 saturated heterocycles. The Morgan fingerprint density at radius 2 is 1.94 bits per heavy atom. The summed E-state index contributed by atoms with van der Waals surface area (Å²) in [5, 5.41) is 6.34. The van der Waals surface area contributed by atoms with Crippen LogP contribution in [0, 0.1) is 0 Å². The van der Waals surface area contributed by atoms with Crippen molar-refractivity contribution in [2.24, 2.45) is 0 Å². The van der Waals surface area contributed by atoms with E-state index in [0.29, 0.717) is 0 Å². The summed E-state index contributed by atoms with van der Waals surface area (Å²) in [6, 6.07) is 0.273. The predicted molar refractivity (Wildman–Crippen MR) is 64.4 cm³/mol. The number of hydrogen-bond acceptors (Lipinski definition) is 3. The molecule has 1 aliphatic heterocycles. The largest absolute Gasteiger partial charge is 0.368 e. The molecule has 0 aromatic rings. The van der Waals surface area contributed by atoms with Crippen LogP contribution >= 0.6 is 0 Å². The number of methoxy groups -OCH3 is 1. The van der Waals surface area contributed by atoms with Crippen LogP contribution < -0.4 is 10.6 Å². The van der Waals surface area contributed by atoms with Gasteiger partial charge in [0.1, 0.15) is 5.60 Å². The fraction of sp³-hybridized carbons (Fsp3) is 0.917. The molecule has 0 unspecified atom stereocenters. The van der Waals surface area contributed by atoms with E-state index in [1.807, 2.05) is 0 Å². The van der Waals surface area contributed by atoms with E-state index in [9.17, 15) is 4.79 Å². The second-order valence-corrected chi connectivity index (χ2v) is 4.44. The maximum atomic E-state index is 12.2. The third kappa shape index (κ3) is 2.95. The smallest absolute Gasteiger partial charge is 0.252 e. The van der Waals surface area contributed by atoms with E-state index >= 15 is 0 Å². The number of piperidine rings is 1. The summed E-state index contributed by atoms with van der Waals surface area (Å²) in [5.41, 5.74) is -0.603. The Morgan fingerprint density at radius 1 is 1.38 bits per heavy atom. The molecule has 0 bridgehead atoms. The van der Waals surface area contributed by atoms with Crippen LogP contribution in [-0.4, -0.2) is 37.7 Å². The number of carbonyl (C=O) groups excluding carboxylic acids is 1. The number of nitrogens with one attached hydrogen (secondary N) is 2. The first-order valence-electron chi connectivity index (χ1n) is 6.25. The minimum Gasteiger partial charge on any atom is -0.368 e. The molecule has 94 valence electrons. The van der Waals surface area contributed by atoms with E-state index in [0.717, 1.165) is 38.8 Å². The topological polar surface area (TPSA) is 50.4 Å². The lowest BCUT2D eigenvalue weighted by atomic mass is 9.90. The van der Waals surface area contributed by atoms with E-state index < -0.39 is 5.60 Å².